The van der Waals surface area contributed by atoms with Gasteiger partial charge in [-0.25, -0.2) is 4.39 Å². The molecule has 1 aromatic rings. The van der Waals surface area contributed by atoms with E-state index in [2.05, 4.69) is 19.2 Å². The fraction of sp³-hybridized carbons (Fsp3) is 0.538. The van der Waals surface area contributed by atoms with Crippen LogP contribution in [0, 0.1) is 11.7 Å². The molecule has 0 aromatic heterocycles. The van der Waals surface area contributed by atoms with Crippen molar-refractivity contribution in [1.82, 2.24) is 5.32 Å². The lowest BCUT2D eigenvalue weighted by Crippen LogP contribution is -2.39. The molecule has 1 rings (SSSR count). The first-order valence-corrected chi connectivity index (χ1v) is 6.30. The van der Waals surface area contributed by atoms with E-state index in [0.717, 1.165) is 6.54 Å². The van der Waals surface area contributed by atoms with Gasteiger partial charge in [0.2, 0.25) is 0 Å². The highest BCUT2D eigenvalue weighted by Gasteiger charge is 2.17. The van der Waals surface area contributed by atoms with Crippen molar-refractivity contribution in [3.05, 3.63) is 34.6 Å². The summed E-state index contributed by atoms with van der Waals surface area (Å²) in [6, 6.07) is 4.98. The van der Waals surface area contributed by atoms with Crippen LogP contribution >= 0.6 is 11.6 Å². The molecule has 2 nitrogen and oxygen atoms in total. The van der Waals surface area contributed by atoms with E-state index in [1.807, 2.05) is 0 Å². The van der Waals surface area contributed by atoms with Gasteiger partial charge in [0.25, 0.3) is 0 Å². The molecule has 17 heavy (non-hydrogen) atoms. The zero-order valence-corrected chi connectivity index (χ0v) is 11.1. The van der Waals surface area contributed by atoms with E-state index in [-0.39, 0.29) is 11.9 Å². The largest absolute Gasteiger partial charge is 0.329 e. The first-order chi connectivity index (χ1) is 8.06. The quantitative estimate of drug-likeness (QED) is 0.823. The third-order valence-corrected chi connectivity index (χ3v) is 3.20. The van der Waals surface area contributed by atoms with Crippen LogP contribution in [0.5, 0.6) is 0 Å². The fourth-order valence-corrected chi connectivity index (χ4v) is 2.00. The summed E-state index contributed by atoms with van der Waals surface area (Å²) in [5.74, 6) is 0.162. The van der Waals surface area contributed by atoms with E-state index in [4.69, 9.17) is 17.3 Å². The summed E-state index contributed by atoms with van der Waals surface area (Å²) in [7, 11) is 0. The molecule has 1 atom stereocenters. The lowest BCUT2D eigenvalue weighted by Gasteiger charge is -2.23. The minimum Gasteiger partial charge on any atom is -0.329 e. The highest BCUT2D eigenvalue weighted by atomic mass is 35.5. The normalized spacial score (nSPS) is 13.1. The third kappa shape index (κ3) is 4.26. The van der Waals surface area contributed by atoms with Crippen molar-refractivity contribution in [1.29, 1.82) is 0 Å². The molecule has 0 radical (unpaired) electrons. The van der Waals surface area contributed by atoms with Crippen LogP contribution in [-0.2, 0) is 6.42 Å². The molecule has 0 spiro atoms. The molecule has 0 aliphatic rings. The molecule has 0 aliphatic carbocycles. The van der Waals surface area contributed by atoms with Gasteiger partial charge in [-0.15, -0.1) is 0 Å². The minimum absolute atomic E-state index is 0.188. The summed E-state index contributed by atoms with van der Waals surface area (Å²) in [6.45, 7) is 5.51. The zero-order valence-electron chi connectivity index (χ0n) is 10.3. The van der Waals surface area contributed by atoms with Gasteiger partial charge in [-0.05, 0) is 24.5 Å². The van der Waals surface area contributed by atoms with Crippen molar-refractivity contribution in [2.75, 3.05) is 13.1 Å². The topological polar surface area (TPSA) is 38.0 Å². The van der Waals surface area contributed by atoms with E-state index >= 15 is 0 Å². The molecule has 0 fully saturated rings. The van der Waals surface area contributed by atoms with Gasteiger partial charge in [-0.1, -0.05) is 31.5 Å². The molecule has 1 unspecified atom stereocenters. The van der Waals surface area contributed by atoms with Gasteiger partial charge in [0.1, 0.15) is 5.82 Å². The van der Waals surface area contributed by atoms with Gasteiger partial charge in [-0.2, -0.15) is 0 Å². The van der Waals surface area contributed by atoms with Crippen LogP contribution in [0.3, 0.4) is 0 Å². The predicted octanol–water partition coefficient (Wildman–Crippen LogP) is 2.59. The summed E-state index contributed by atoms with van der Waals surface area (Å²) in [6.07, 6.45) is 0.586. The highest BCUT2D eigenvalue weighted by molar-refractivity contribution is 6.31. The van der Waals surface area contributed by atoms with Crippen LogP contribution in [0.1, 0.15) is 19.4 Å². The van der Waals surface area contributed by atoms with Crippen LogP contribution < -0.4 is 11.1 Å². The maximum Gasteiger partial charge on any atom is 0.127 e. The molecule has 4 heteroatoms. The van der Waals surface area contributed by atoms with E-state index in [1.165, 1.54) is 6.07 Å². The van der Waals surface area contributed by atoms with Crippen LogP contribution in [0.25, 0.3) is 0 Å². The van der Waals surface area contributed by atoms with Gasteiger partial charge in [-0.3, -0.25) is 0 Å². The standard InChI is InChI=1S/C13H20ClFN2/c1-9(2)13(17-7-6-16)8-10-11(14)4-3-5-12(10)15/h3-5,9,13,17H,6-8,16H2,1-2H3. The summed E-state index contributed by atoms with van der Waals surface area (Å²) in [4.78, 5) is 0. The predicted molar refractivity (Wildman–Crippen MR) is 70.8 cm³/mol. The molecule has 1 aromatic carbocycles. The van der Waals surface area contributed by atoms with Crippen molar-refractivity contribution in [2.45, 2.75) is 26.3 Å². The summed E-state index contributed by atoms with van der Waals surface area (Å²) in [5, 5.41) is 3.81. The number of nitrogens with one attached hydrogen (secondary N) is 1. The van der Waals surface area contributed by atoms with Gasteiger partial charge in [0, 0.05) is 29.7 Å². The Morgan fingerprint density at radius 1 is 1.41 bits per heavy atom. The Hall–Kier alpha value is -0.640. The summed E-state index contributed by atoms with van der Waals surface area (Å²) >= 11 is 6.02. The van der Waals surface area contributed by atoms with Crippen molar-refractivity contribution >= 4 is 11.6 Å². The van der Waals surface area contributed by atoms with Gasteiger partial charge < -0.3 is 11.1 Å². The van der Waals surface area contributed by atoms with Gasteiger partial charge in [0.05, 0.1) is 0 Å². The number of halogens is 2. The second-order valence-electron chi connectivity index (χ2n) is 4.50. The summed E-state index contributed by atoms with van der Waals surface area (Å²) < 4.78 is 13.7. The van der Waals surface area contributed by atoms with E-state index < -0.39 is 0 Å². The lowest BCUT2D eigenvalue weighted by atomic mass is 9.96. The Bertz CT molecular complexity index is 335. The zero-order chi connectivity index (χ0) is 12.8. The Balaban J connectivity index is 2.78. The van der Waals surface area contributed by atoms with Gasteiger partial charge in [0.15, 0.2) is 0 Å². The molecule has 96 valence electrons. The Kier molecular flexibility index (Phi) is 5.89. The highest BCUT2D eigenvalue weighted by Crippen LogP contribution is 2.22. The first kappa shape index (κ1) is 14.4. The molecule has 3 N–H and O–H groups in total. The van der Waals surface area contributed by atoms with Crippen LogP contribution in [0.4, 0.5) is 4.39 Å². The number of hydrogen-bond acceptors (Lipinski definition) is 2. The molecular weight excluding hydrogens is 239 g/mol. The smallest absolute Gasteiger partial charge is 0.127 e. The monoisotopic (exact) mass is 258 g/mol. The maximum atomic E-state index is 13.7. The molecular formula is C13H20ClFN2. The third-order valence-electron chi connectivity index (χ3n) is 2.84. The lowest BCUT2D eigenvalue weighted by molar-refractivity contribution is 0.396. The summed E-state index contributed by atoms with van der Waals surface area (Å²) in [5.41, 5.74) is 6.05. The molecule has 0 bridgehead atoms. The second kappa shape index (κ2) is 6.94. The Morgan fingerprint density at radius 3 is 2.65 bits per heavy atom. The molecule has 0 saturated heterocycles. The molecule has 0 heterocycles. The SMILES string of the molecule is CC(C)C(Cc1c(F)cccc1Cl)NCCN. The van der Waals surface area contributed by atoms with Crippen molar-refractivity contribution < 1.29 is 4.39 Å². The van der Waals surface area contributed by atoms with Gasteiger partial charge >= 0.3 is 0 Å². The maximum absolute atomic E-state index is 13.7. The average molecular weight is 259 g/mol. The minimum atomic E-state index is -0.238. The second-order valence-corrected chi connectivity index (χ2v) is 4.90. The van der Waals surface area contributed by atoms with E-state index in [9.17, 15) is 4.39 Å². The average Bonchev–Trinajstić information content (AvgIpc) is 2.27. The molecule has 0 amide bonds. The van der Waals surface area contributed by atoms with Crippen LogP contribution in [0.2, 0.25) is 5.02 Å². The van der Waals surface area contributed by atoms with Crippen molar-refractivity contribution in [2.24, 2.45) is 11.7 Å². The number of nitrogens with two attached hydrogens (primary N) is 1. The fourth-order valence-electron chi connectivity index (χ4n) is 1.76. The molecule has 0 aliphatic heterocycles. The Labute approximate surface area is 107 Å². The van der Waals surface area contributed by atoms with Crippen LogP contribution in [0.15, 0.2) is 18.2 Å². The molecule has 0 saturated carbocycles. The van der Waals surface area contributed by atoms with E-state index in [1.54, 1.807) is 12.1 Å². The number of hydrogen-bond donors (Lipinski definition) is 2. The number of benzene rings is 1. The Morgan fingerprint density at radius 2 is 2.12 bits per heavy atom. The first-order valence-electron chi connectivity index (χ1n) is 5.92. The van der Waals surface area contributed by atoms with Crippen LogP contribution in [-0.4, -0.2) is 19.1 Å². The van der Waals surface area contributed by atoms with E-state index in [0.29, 0.717) is 29.5 Å². The van der Waals surface area contributed by atoms with Crippen molar-refractivity contribution in [3.8, 4) is 0 Å². The number of rotatable bonds is 6. The van der Waals surface area contributed by atoms with Crippen molar-refractivity contribution in [3.63, 3.8) is 0 Å².